The molecule has 10 heteroatoms. The first-order valence-electron chi connectivity index (χ1n) is 9.49. The number of hydrogen-bond acceptors (Lipinski definition) is 8. The van der Waals surface area contributed by atoms with Crippen molar-refractivity contribution < 1.29 is 9.72 Å². The van der Waals surface area contributed by atoms with Gasteiger partial charge in [0, 0.05) is 28.8 Å². The van der Waals surface area contributed by atoms with E-state index in [-0.39, 0.29) is 11.6 Å². The first-order valence-corrected chi connectivity index (χ1v) is 11.2. The number of amides is 1. The molecule has 0 saturated carbocycles. The summed E-state index contributed by atoms with van der Waals surface area (Å²) in [5.74, 6) is -0.267. The summed E-state index contributed by atoms with van der Waals surface area (Å²) in [5, 5.41) is 25.2. The molecule has 0 saturated heterocycles. The van der Waals surface area contributed by atoms with Gasteiger partial charge in [0.25, 0.3) is 5.69 Å². The number of rotatable bonds is 8. The van der Waals surface area contributed by atoms with Crippen molar-refractivity contribution in [3.05, 3.63) is 63.1 Å². The van der Waals surface area contributed by atoms with Crippen LogP contribution in [0, 0.1) is 21.4 Å². The molecule has 0 fully saturated rings. The van der Waals surface area contributed by atoms with Gasteiger partial charge in [-0.25, -0.2) is 9.97 Å². The van der Waals surface area contributed by atoms with Crippen LogP contribution in [-0.4, -0.2) is 26.0 Å². The van der Waals surface area contributed by atoms with Crippen LogP contribution < -0.4 is 5.32 Å². The molecule has 2 aromatic heterocycles. The molecular formula is C21H19N5O3S2. The number of pyridine rings is 1. The van der Waals surface area contributed by atoms with E-state index in [1.165, 1.54) is 35.2 Å². The van der Waals surface area contributed by atoms with Crippen molar-refractivity contribution in [1.29, 1.82) is 5.26 Å². The number of non-ortho nitro benzene ring substituents is 1. The number of nitrogens with one attached hydrogen (secondary N) is 1. The molecule has 158 valence electrons. The zero-order chi connectivity index (χ0) is 22.4. The third-order valence-corrected chi connectivity index (χ3v) is 6.15. The lowest BCUT2D eigenvalue weighted by molar-refractivity contribution is -0.384. The first-order chi connectivity index (χ1) is 14.9. The van der Waals surface area contributed by atoms with Gasteiger partial charge in [-0.05, 0) is 25.5 Å². The summed E-state index contributed by atoms with van der Waals surface area (Å²) in [4.78, 5) is 32.0. The van der Waals surface area contributed by atoms with E-state index in [0.717, 1.165) is 18.5 Å². The van der Waals surface area contributed by atoms with E-state index in [1.54, 1.807) is 30.5 Å². The minimum Gasteiger partial charge on any atom is -0.301 e. The number of hydrogen-bond donors (Lipinski definition) is 1. The molecule has 3 rings (SSSR count). The number of aryl methyl sites for hydroxylation is 1. The van der Waals surface area contributed by atoms with Gasteiger partial charge in [0.2, 0.25) is 5.91 Å². The van der Waals surface area contributed by atoms with Crippen molar-refractivity contribution in [2.75, 3.05) is 5.32 Å². The quantitative estimate of drug-likeness (QED) is 0.287. The molecule has 1 aromatic carbocycles. The van der Waals surface area contributed by atoms with E-state index in [9.17, 15) is 20.2 Å². The first kappa shape index (κ1) is 22.4. The fourth-order valence-electron chi connectivity index (χ4n) is 2.72. The smallest absolute Gasteiger partial charge is 0.270 e. The lowest BCUT2D eigenvalue weighted by atomic mass is 10.1. The normalized spacial score (nSPS) is 11.5. The molecule has 0 aliphatic rings. The van der Waals surface area contributed by atoms with Gasteiger partial charge >= 0.3 is 0 Å². The van der Waals surface area contributed by atoms with E-state index in [2.05, 4.69) is 28.3 Å². The Morgan fingerprint density at radius 2 is 2.16 bits per heavy atom. The van der Waals surface area contributed by atoms with Crippen LogP contribution in [0.5, 0.6) is 0 Å². The Hall–Kier alpha value is -3.29. The second-order valence-corrected chi connectivity index (χ2v) is 8.80. The van der Waals surface area contributed by atoms with Gasteiger partial charge in [-0.3, -0.25) is 14.9 Å². The van der Waals surface area contributed by atoms with Crippen LogP contribution in [-0.2, 0) is 11.2 Å². The largest absolute Gasteiger partial charge is 0.301 e. The second-order valence-electron chi connectivity index (χ2n) is 6.61. The predicted molar refractivity (Wildman–Crippen MR) is 121 cm³/mol. The number of anilines is 1. The number of carbonyl (C=O) groups is 1. The molecule has 0 bridgehead atoms. The van der Waals surface area contributed by atoms with Crippen molar-refractivity contribution in [1.82, 2.24) is 9.97 Å². The van der Waals surface area contributed by atoms with Crippen molar-refractivity contribution in [3.63, 3.8) is 0 Å². The number of thiazole rings is 1. The van der Waals surface area contributed by atoms with E-state index < -0.39 is 10.2 Å². The van der Waals surface area contributed by atoms with Crippen LogP contribution in [0.4, 0.5) is 10.8 Å². The third-order valence-electron chi connectivity index (χ3n) is 4.29. The number of nitro benzene ring substituents is 1. The maximum atomic E-state index is 12.7. The van der Waals surface area contributed by atoms with Crippen LogP contribution in [0.3, 0.4) is 0 Å². The van der Waals surface area contributed by atoms with Gasteiger partial charge in [0.05, 0.1) is 21.4 Å². The molecule has 3 aromatic rings. The lowest BCUT2D eigenvalue weighted by Crippen LogP contribution is -2.22. The molecule has 1 unspecified atom stereocenters. The molecule has 0 radical (unpaired) electrons. The Morgan fingerprint density at radius 1 is 1.35 bits per heavy atom. The number of aromatic nitrogens is 2. The summed E-state index contributed by atoms with van der Waals surface area (Å²) in [6, 6.07) is 11.9. The minimum absolute atomic E-state index is 0.0211. The highest BCUT2D eigenvalue weighted by atomic mass is 32.2. The SMILES string of the molecule is CCCc1ccc(C#N)c(SC(C)C(=O)Nc2nc(-c3cccc([N+](=O)[O-])c3)cs2)n1. The van der Waals surface area contributed by atoms with Crippen LogP contribution >= 0.6 is 23.1 Å². The highest BCUT2D eigenvalue weighted by Gasteiger charge is 2.19. The monoisotopic (exact) mass is 453 g/mol. The number of nitrogens with zero attached hydrogens (tertiary/aromatic N) is 4. The fraction of sp³-hybridized carbons (Fsp3) is 0.238. The van der Waals surface area contributed by atoms with Crippen LogP contribution in [0.2, 0.25) is 0 Å². The summed E-state index contributed by atoms with van der Waals surface area (Å²) in [6.07, 6.45) is 1.75. The van der Waals surface area contributed by atoms with Crippen LogP contribution in [0.25, 0.3) is 11.3 Å². The molecule has 0 aliphatic heterocycles. The van der Waals surface area contributed by atoms with Crippen molar-refractivity contribution in [2.24, 2.45) is 0 Å². The molecule has 0 aliphatic carbocycles. The highest BCUT2D eigenvalue weighted by Crippen LogP contribution is 2.29. The van der Waals surface area contributed by atoms with Crippen molar-refractivity contribution >= 4 is 39.8 Å². The Kier molecular flexibility index (Phi) is 7.33. The van der Waals surface area contributed by atoms with E-state index >= 15 is 0 Å². The standard InChI is InChI=1S/C21H19N5O3S2/c1-3-5-16-9-8-15(11-22)20(23-16)31-13(2)19(27)25-21-24-18(12-30-21)14-6-4-7-17(10-14)26(28)29/h4,6-10,12-13H,3,5H2,1-2H3,(H,24,25,27). The number of carbonyl (C=O) groups excluding carboxylic acids is 1. The third kappa shape index (κ3) is 5.65. The Labute approximate surface area is 187 Å². The molecule has 0 spiro atoms. The maximum Gasteiger partial charge on any atom is 0.270 e. The van der Waals surface area contributed by atoms with Gasteiger partial charge < -0.3 is 5.32 Å². The fourth-order valence-corrected chi connectivity index (χ4v) is 4.35. The number of nitro groups is 1. The summed E-state index contributed by atoms with van der Waals surface area (Å²) in [5.41, 5.74) is 2.45. The van der Waals surface area contributed by atoms with Crippen LogP contribution in [0.1, 0.15) is 31.5 Å². The summed E-state index contributed by atoms with van der Waals surface area (Å²) in [6.45, 7) is 3.79. The Morgan fingerprint density at radius 3 is 2.87 bits per heavy atom. The number of benzene rings is 1. The van der Waals surface area contributed by atoms with Crippen LogP contribution in [0.15, 0.2) is 46.8 Å². The van der Waals surface area contributed by atoms with Crippen molar-refractivity contribution in [3.8, 4) is 17.3 Å². The number of nitriles is 1. The zero-order valence-corrected chi connectivity index (χ0v) is 18.5. The van der Waals surface area contributed by atoms with Gasteiger partial charge in [0.1, 0.15) is 11.1 Å². The summed E-state index contributed by atoms with van der Waals surface area (Å²) in [7, 11) is 0. The molecule has 1 atom stereocenters. The Bertz CT molecular complexity index is 1160. The molecule has 1 amide bonds. The number of thioether (sulfide) groups is 1. The average Bonchev–Trinajstić information content (AvgIpc) is 3.22. The molecule has 31 heavy (non-hydrogen) atoms. The van der Waals surface area contributed by atoms with Crippen molar-refractivity contribution in [2.45, 2.75) is 37.0 Å². The highest BCUT2D eigenvalue weighted by molar-refractivity contribution is 8.00. The van der Waals surface area contributed by atoms with E-state index in [4.69, 9.17) is 0 Å². The average molecular weight is 454 g/mol. The van der Waals surface area contributed by atoms with Gasteiger partial charge in [0.15, 0.2) is 5.13 Å². The van der Waals surface area contributed by atoms with Gasteiger partial charge in [-0.2, -0.15) is 5.26 Å². The van der Waals surface area contributed by atoms with E-state index in [0.29, 0.717) is 27.0 Å². The molecule has 1 N–H and O–H groups in total. The Balaban J connectivity index is 1.70. The van der Waals surface area contributed by atoms with Gasteiger partial charge in [-0.15, -0.1) is 11.3 Å². The zero-order valence-electron chi connectivity index (χ0n) is 16.9. The maximum absolute atomic E-state index is 12.7. The predicted octanol–water partition coefficient (Wildman–Crippen LogP) is 5.06. The van der Waals surface area contributed by atoms with E-state index in [1.807, 2.05) is 6.07 Å². The minimum atomic E-state index is -0.498. The topological polar surface area (TPSA) is 122 Å². The summed E-state index contributed by atoms with van der Waals surface area (Å²) < 4.78 is 0. The molecule has 2 heterocycles. The summed E-state index contributed by atoms with van der Waals surface area (Å²) >= 11 is 2.46. The van der Waals surface area contributed by atoms with Gasteiger partial charge in [-0.1, -0.05) is 37.2 Å². The second kappa shape index (κ2) is 10.1. The molecule has 8 nitrogen and oxygen atoms in total. The lowest BCUT2D eigenvalue weighted by Gasteiger charge is -2.12. The molecular weight excluding hydrogens is 434 g/mol.